The first kappa shape index (κ1) is 12.8. The van der Waals surface area contributed by atoms with Gasteiger partial charge in [-0.1, -0.05) is 11.6 Å². The summed E-state index contributed by atoms with van der Waals surface area (Å²) in [6.45, 7) is 0.339. The SMILES string of the molecule is O=S1(=O)CCN(c2nc(Cl)nc(Cl)c2F)CC1. The lowest BCUT2D eigenvalue weighted by molar-refractivity contribution is 0.577. The van der Waals surface area contributed by atoms with E-state index >= 15 is 0 Å². The number of nitrogens with zero attached hydrogens (tertiary/aromatic N) is 3. The maximum absolute atomic E-state index is 13.7. The van der Waals surface area contributed by atoms with Crippen LogP contribution in [0.1, 0.15) is 0 Å². The van der Waals surface area contributed by atoms with Crippen molar-refractivity contribution in [1.82, 2.24) is 9.97 Å². The number of anilines is 1. The van der Waals surface area contributed by atoms with Gasteiger partial charge in [0.05, 0.1) is 11.5 Å². The van der Waals surface area contributed by atoms with Gasteiger partial charge in [0.2, 0.25) is 11.1 Å². The third kappa shape index (κ3) is 2.78. The molecule has 0 unspecified atom stereocenters. The van der Waals surface area contributed by atoms with Crippen molar-refractivity contribution < 1.29 is 12.8 Å². The van der Waals surface area contributed by atoms with E-state index in [1.807, 2.05) is 0 Å². The molecule has 0 aliphatic carbocycles. The Bertz CT molecular complexity index is 538. The minimum atomic E-state index is -3.03. The van der Waals surface area contributed by atoms with E-state index in [4.69, 9.17) is 23.2 Å². The highest BCUT2D eigenvalue weighted by atomic mass is 35.5. The minimum Gasteiger partial charge on any atom is -0.352 e. The van der Waals surface area contributed by atoms with Gasteiger partial charge in [0.15, 0.2) is 20.8 Å². The second kappa shape index (κ2) is 4.55. The molecule has 1 saturated heterocycles. The Labute approximate surface area is 107 Å². The number of rotatable bonds is 1. The highest BCUT2D eigenvalue weighted by molar-refractivity contribution is 7.91. The van der Waals surface area contributed by atoms with Crippen molar-refractivity contribution in [3.63, 3.8) is 0 Å². The largest absolute Gasteiger partial charge is 0.352 e. The lowest BCUT2D eigenvalue weighted by Gasteiger charge is -2.27. The van der Waals surface area contributed by atoms with Crippen LogP contribution >= 0.6 is 23.2 Å². The predicted octanol–water partition coefficient (Wildman–Crippen LogP) is 1.16. The molecule has 0 saturated carbocycles. The van der Waals surface area contributed by atoms with Crippen LogP contribution in [0.3, 0.4) is 0 Å². The molecule has 0 aromatic carbocycles. The summed E-state index contributed by atoms with van der Waals surface area (Å²) in [7, 11) is -3.03. The Morgan fingerprint density at radius 3 is 2.35 bits per heavy atom. The highest BCUT2D eigenvalue weighted by Gasteiger charge is 2.26. The van der Waals surface area contributed by atoms with E-state index in [2.05, 4.69) is 9.97 Å². The van der Waals surface area contributed by atoms with Gasteiger partial charge in [0, 0.05) is 13.1 Å². The molecular weight excluding hydrogens is 292 g/mol. The van der Waals surface area contributed by atoms with E-state index in [1.165, 1.54) is 4.90 Å². The van der Waals surface area contributed by atoms with E-state index in [9.17, 15) is 12.8 Å². The Hall–Kier alpha value is -0.660. The second-order valence-electron chi connectivity index (χ2n) is 3.56. The van der Waals surface area contributed by atoms with Crippen LogP contribution in [0.4, 0.5) is 10.2 Å². The average Bonchev–Trinajstić information content (AvgIpc) is 2.24. The summed E-state index contributed by atoms with van der Waals surface area (Å²) >= 11 is 11.1. The summed E-state index contributed by atoms with van der Waals surface area (Å²) in [4.78, 5) is 8.68. The zero-order valence-corrected chi connectivity index (χ0v) is 10.9. The van der Waals surface area contributed by atoms with Gasteiger partial charge in [-0.05, 0) is 11.6 Å². The number of aromatic nitrogens is 2. The topological polar surface area (TPSA) is 63.2 Å². The summed E-state index contributed by atoms with van der Waals surface area (Å²) < 4.78 is 36.1. The standard InChI is InChI=1S/C8H8Cl2FN3O2S/c9-6-5(11)7(13-8(10)12-6)14-1-3-17(15,16)4-2-14/h1-4H2. The van der Waals surface area contributed by atoms with Crippen LogP contribution in [0, 0.1) is 5.82 Å². The lowest BCUT2D eigenvalue weighted by Crippen LogP contribution is -2.41. The van der Waals surface area contributed by atoms with Gasteiger partial charge in [-0.25, -0.2) is 13.4 Å². The van der Waals surface area contributed by atoms with E-state index in [1.54, 1.807) is 0 Å². The molecule has 0 radical (unpaired) electrons. The van der Waals surface area contributed by atoms with Gasteiger partial charge in [-0.3, -0.25) is 0 Å². The Kier molecular flexibility index (Phi) is 3.42. The first-order valence-electron chi connectivity index (χ1n) is 4.73. The van der Waals surface area contributed by atoms with Crippen LogP contribution in [0.25, 0.3) is 0 Å². The molecule has 94 valence electrons. The third-order valence-electron chi connectivity index (χ3n) is 2.41. The molecule has 0 spiro atoms. The molecule has 0 atom stereocenters. The van der Waals surface area contributed by atoms with Crippen LogP contribution in [0.15, 0.2) is 0 Å². The number of sulfone groups is 1. The van der Waals surface area contributed by atoms with Crippen LogP contribution in [0.2, 0.25) is 10.4 Å². The zero-order valence-electron chi connectivity index (χ0n) is 8.53. The number of halogens is 3. The van der Waals surface area contributed by atoms with Gasteiger partial charge in [0.25, 0.3) is 0 Å². The molecule has 0 bridgehead atoms. The Balaban J connectivity index is 2.30. The summed E-state index contributed by atoms with van der Waals surface area (Å²) in [6, 6.07) is 0. The van der Waals surface area contributed by atoms with Crippen LogP contribution in [-0.2, 0) is 9.84 Å². The molecule has 5 nitrogen and oxygen atoms in total. The van der Waals surface area contributed by atoms with E-state index in [0.717, 1.165) is 0 Å². The summed E-state index contributed by atoms with van der Waals surface area (Å²) in [5.74, 6) is -0.905. The molecule has 1 aliphatic rings. The quantitative estimate of drug-likeness (QED) is 0.575. The van der Waals surface area contributed by atoms with Gasteiger partial charge < -0.3 is 4.90 Å². The van der Waals surface area contributed by atoms with Crippen molar-refractivity contribution >= 4 is 38.9 Å². The first-order chi connectivity index (χ1) is 7.89. The van der Waals surface area contributed by atoms with Crippen molar-refractivity contribution in [3.8, 4) is 0 Å². The predicted molar refractivity (Wildman–Crippen MR) is 62.9 cm³/mol. The first-order valence-corrected chi connectivity index (χ1v) is 7.31. The summed E-state index contributed by atoms with van der Waals surface area (Å²) in [5, 5.41) is -0.534. The van der Waals surface area contributed by atoms with Gasteiger partial charge in [-0.2, -0.15) is 9.37 Å². The molecule has 1 aromatic rings. The molecule has 1 aliphatic heterocycles. The van der Waals surface area contributed by atoms with Crippen molar-refractivity contribution in [2.45, 2.75) is 0 Å². The lowest BCUT2D eigenvalue weighted by atomic mass is 10.4. The molecule has 2 heterocycles. The van der Waals surface area contributed by atoms with Crippen LogP contribution in [0.5, 0.6) is 0 Å². The fraction of sp³-hybridized carbons (Fsp3) is 0.500. The summed E-state index contributed by atoms with van der Waals surface area (Å²) in [5.41, 5.74) is 0. The van der Waals surface area contributed by atoms with Crippen molar-refractivity contribution in [3.05, 3.63) is 16.3 Å². The Morgan fingerprint density at radius 2 is 1.76 bits per heavy atom. The van der Waals surface area contributed by atoms with Crippen molar-refractivity contribution in [2.24, 2.45) is 0 Å². The molecule has 0 amide bonds. The second-order valence-corrected chi connectivity index (χ2v) is 6.56. The summed E-state index contributed by atoms with van der Waals surface area (Å²) in [6.07, 6.45) is 0. The average molecular weight is 300 g/mol. The van der Waals surface area contributed by atoms with Crippen LogP contribution in [-0.4, -0.2) is 43.0 Å². The Morgan fingerprint density at radius 1 is 1.18 bits per heavy atom. The normalized spacial score (nSPS) is 19.4. The minimum absolute atomic E-state index is 0.0360. The van der Waals surface area contributed by atoms with Gasteiger partial charge >= 0.3 is 0 Å². The van der Waals surface area contributed by atoms with Gasteiger partial charge in [0.1, 0.15) is 0 Å². The molecule has 1 fully saturated rings. The van der Waals surface area contributed by atoms with Crippen molar-refractivity contribution in [2.75, 3.05) is 29.5 Å². The molecule has 1 aromatic heterocycles. The highest BCUT2D eigenvalue weighted by Crippen LogP contribution is 2.25. The molecule has 0 N–H and O–H groups in total. The fourth-order valence-electron chi connectivity index (χ4n) is 1.52. The van der Waals surface area contributed by atoms with Crippen molar-refractivity contribution in [1.29, 1.82) is 0 Å². The molecule has 9 heteroatoms. The molecule has 2 rings (SSSR count). The van der Waals surface area contributed by atoms with E-state index < -0.39 is 15.7 Å². The fourth-order valence-corrected chi connectivity index (χ4v) is 3.09. The van der Waals surface area contributed by atoms with E-state index in [0.29, 0.717) is 0 Å². The number of hydrogen-bond donors (Lipinski definition) is 0. The maximum atomic E-state index is 13.7. The van der Waals surface area contributed by atoms with Crippen LogP contribution < -0.4 is 4.90 Å². The van der Waals surface area contributed by atoms with Gasteiger partial charge in [-0.15, -0.1) is 0 Å². The molecular formula is C8H8Cl2FN3O2S. The zero-order chi connectivity index (χ0) is 12.6. The third-order valence-corrected chi connectivity index (χ3v) is 4.44. The smallest absolute Gasteiger partial charge is 0.225 e. The molecule has 17 heavy (non-hydrogen) atoms. The monoisotopic (exact) mass is 299 g/mol. The van der Waals surface area contributed by atoms with E-state index in [-0.39, 0.29) is 40.8 Å². The maximum Gasteiger partial charge on any atom is 0.225 e. The number of hydrogen-bond acceptors (Lipinski definition) is 5.